The van der Waals surface area contributed by atoms with E-state index in [4.69, 9.17) is 11.6 Å². The Labute approximate surface area is 160 Å². The first-order valence-corrected chi connectivity index (χ1v) is 9.41. The summed E-state index contributed by atoms with van der Waals surface area (Å²) in [5.41, 5.74) is 1.68. The second kappa shape index (κ2) is 8.30. The number of halogens is 3. The Hall–Kier alpha value is -1.43. The Bertz CT molecular complexity index is 771. The molecule has 1 aliphatic rings. The van der Waals surface area contributed by atoms with Gasteiger partial charge >= 0.3 is 0 Å². The van der Waals surface area contributed by atoms with Gasteiger partial charge in [-0.25, -0.2) is 4.39 Å². The summed E-state index contributed by atoms with van der Waals surface area (Å²) < 4.78 is 14.0. The van der Waals surface area contributed by atoms with Crippen molar-refractivity contribution in [2.75, 3.05) is 26.2 Å². The largest absolute Gasteiger partial charge is 0.337 e. The molecular weight excluding hydrogens is 407 g/mol. The van der Waals surface area contributed by atoms with Gasteiger partial charge in [0.15, 0.2) is 0 Å². The molecule has 0 saturated carbocycles. The highest BCUT2D eigenvalue weighted by Gasteiger charge is 2.21. The van der Waals surface area contributed by atoms with Gasteiger partial charge in [0.2, 0.25) is 0 Å². The van der Waals surface area contributed by atoms with Crippen LogP contribution in [-0.4, -0.2) is 41.9 Å². The minimum atomic E-state index is -0.246. The quantitative estimate of drug-likeness (QED) is 0.718. The molecule has 0 unspecified atom stereocenters. The molecule has 0 bridgehead atoms. The third-order valence-corrected chi connectivity index (χ3v) is 5.33. The third kappa shape index (κ3) is 4.81. The van der Waals surface area contributed by atoms with Gasteiger partial charge in [0.05, 0.1) is 0 Å². The standard InChI is InChI=1S/C19H19BrClFN2O/c20-18-12-17(22)6-5-15(18)13-23-7-2-8-24(10-9-23)19(25)14-3-1-4-16(21)11-14/h1,3-6,11-12H,2,7-10,13H2. The van der Waals surface area contributed by atoms with Gasteiger partial charge in [0.1, 0.15) is 5.82 Å². The zero-order valence-corrected chi connectivity index (χ0v) is 16.1. The van der Waals surface area contributed by atoms with Crippen molar-refractivity contribution in [2.45, 2.75) is 13.0 Å². The molecule has 1 saturated heterocycles. The van der Waals surface area contributed by atoms with Crippen molar-refractivity contribution in [3.05, 3.63) is 68.9 Å². The number of amides is 1. The molecular formula is C19H19BrClFN2O. The van der Waals surface area contributed by atoms with Crippen molar-refractivity contribution in [3.8, 4) is 0 Å². The zero-order chi connectivity index (χ0) is 17.8. The smallest absolute Gasteiger partial charge is 0.253 e. The Kier molecular flexibility index (Phi) is 6.10. The lowest BCUT2D eigenvalue weighted by molar-refractivity contribution is 0.0761. The fourth-order valence-corrected chi connectivity index (χ4v) is 3.69. The topological polar surface area (TPSA) is 23.6 Å². The molecule has 0 atom stereocenters. The van der Waals surface area contributed by atoms with Crippen LogP contribution in [0.5, 0.6) is 0 Å². The molecule has 3 nitrogen and oxygen atoms in total. The van der Waals surface area contributed by atoms with Crippen LogP contribution in [0.2, 0.25) is 5.02 Å². The van der Waals surface area contributed by atoms with Gasteiger partial charge < -0.3 is 4.90 Å². The Morgan fingerprint density at radius 2 is 1.96 bits per heavy atom. The number of nitrogens with zero attached hydrogens (tertiary/aromatic N) is 2. The molecule has 132 valence electrons. The van der Waals surface area contributed by atoms with E-state index in [1.807, 2.05) is 4.90 Å². The third-order valence-electron chi connectivity index (χ3n) is 4.36. The van der Waals surface area contributed by atoms with Gasteiger partial charge in [-0.3, -0.25) is 9.69 Å². The minimum Gasteiger partial charge on any atom is -0.337 e. The maximum absolute atomic E-state index is 13.2. The summed E-state index contributed by atoms with van der Waals surface area (Å²) >= 11 is 9.41. The SMILES string of the molecule is O=C(c1cccc(Cl)c1)N1CCCN(Cc2ccc(F)cc2Br)CC1. The van der Waals surface area contributed by atoms with E-state index in [9.17, 15) is 9.18 Å². The molecule has 6 heteroatoms. The molecule has 2 aromatic rings. The molecule has 0 radical (unpaired) electrons. The number of carbonyl (C=O) groups is 1. The molecule has 2 aromatic carbocycles. The molecule has 0 N–H and O–H groups in total. The van der Waals surface area contributed by atoms with Crippen molar-refractivity contribution >= 4 is 33.4 Å². The van der Waals surface area contributed by atoms with Crippen LogP contribution >= 0.6 is 27.5 Å². The molecule has 1 aliphatic heterocycles. The zero-order valence-electron chi connectivity index (χ0n) is 13.7. The van der Waals surface area contributed by atoms with E-state index in [2.05, 4.69) is 20.8 Å². The number of carbonyl (C=O) groups excluding carboxylic acids is 1. The molecule has 1 fully saturated rings. The van der Waals surface area contributed by atoms with Crippen LogP contribution < -0.4 is 0 Å². The lowest BCUT2D eigenvalue weighted by Crippen LogP contribution is -2.35. The Morgan fingerprint density at radius 1 is 1.12 bits per heavy atom. The van der Waals surface area contributed by atoms with Gasteiger partial charge in [0.25, 0.3) is 5.91 Å². The van der Waals surface area contributed by atoms with Crippen molar-refractivity contribution in [1.29, 1.82) is 0 Å². The van der Waals surface area contributed by atoms with Gasteiger partial charge in [-0.05, 0) is 42.3 Å². The van der Waals surface area contributed by atoms with Crippen LogP contribution in [0.4, 0.5) is 4.39 Å². The van der Waals surface area contributed by atoms with Crippen LogP contribution in [0.25, 0.3) is 0 Å². The summed E-state index contributed by atoms with van der Waals surface area (Å²) in [7, 11) is 0. The molecule has 3 rings (SSSR count). The van der Waals surface area contributed by atoms with Crippen molar-refractivity contribution in [3.63, 3.8) is 0 Å². The monoisotopic (exact) mass is 424 g/mol. The summed E-state index contributed by atoms with van der Waals surface area (Å²) in [4.78, 5) is 16.8. The van der Waals surface area contributed by atoms with Crippen LogP contribution in [0.1, 0.15) is 22.3 Å². The number of hydrogen-bond acceptors (Lipinski definition) is 2. The molecule has 0 spiro atoms. The highest BCUT2D eigenvalue weighted by molar-refractivity contribution is 9.10. The summed E-state index contributed by atoms with van der Waals surface area (Å²) in [6.07, 6.45) is 0.908. The predicted octanol–water partition coefficient (Wildman–Crippen LogP) is 4.59. The summed E-state index contributed by atoms with van der Waals surface area (Å²) in [5, 5.41) is 0.573. The first-order chi connectivity index (χ1) is 12.0. The van der Waals surface area contributed by atoms with Gasteiger partial charge in [-0.1, -0.05) is 39.7 Å². The normalized spacial score (nSPS) is 15.9. The predicted molar refractivity (Wildman–Crippen MR) is 101 cm³/mol. The molecule has 0 aliphatic carbocycles. The summed E-state index contributed by atoms with van der Waals surface area (Å²) in [6.45, 7) is 3.83. The number of benzene rings is 2. The van der Waals surface area contributed by atoms with Crippen molar-refractivity contribution in [1.82, 2.24) is 9.80 Å². The molecule has 1 amide bonds. The maximum atomic E-state index is 13.2. The van der Waals surface area contributed by atoms with E-state index < -0.39 is 0 Å². The molecule has 1 heterocycles. The van der Waals surface area contributed by atoms with Crippen LogP contribution in [-0.2, 0) is 6.54 Å². The number of rotatable bonds is 3. The average molecular weight is 426 g/mol. The second-order valence-electron chi connectivity index (χ2n) is 6.17. The average Bonchev–Trinajstić information content (AvgIpc) is 2.82. The van der Waals surface area contributed by atoms with E-state index in [1.165, 1.54) is 12.1 Å². The first kappa shape index (κ1) is 18.4. The Morgan fingerprint density at radius 3 is 2.72 bits per heavy atom. The highest BCUT2D eigenvalue weighted by Crippen LogP contribution is 2.21. The maximum Gasteiger partial charge on any atom is 0.253 e. The molecule has 25 heavy (non-hydrogen) atoms. The van der Waals surface area contributed by atoms with Crippen molar-refractivity contribution in [2.24, 2.45) is 0 Å². The fraction of sp³-hybridized carbons (Fsp3) is 0.316. The van der Waals surface area contributed by atoms with E-state index >= 15 is 0 Å². The van der Waals surface area contributed by atoms with E-state index in [1.54, 1.807) is 30.3 Å². The van der Waals surface area contributed by atoms with Crippen LogP contribution in [0, 0.1) is 5.82 Å². The van der Waals surface area contributed by atoms with E-state index in [-0.39, 0.29) is 11.7 Å². The van der Waals surface area contributed by atoms with Crippen LogP contribution in [0.3, 0.4) is 0 Å². The lowest BCUT2D eigenvalue weighted by atomic mass is 10.2. The first-order valence-electron chi connectivity index (χ1n) is 8.24. The number of hydrogen-bond donors (Lipinski definition) is 0. The van der Waals surface area contributed by atoms with Gasteiger partial charge in [0, 0.05) is 47.8 Å². The lowest BCUT2D eigenvalue weighted by Gasteiger charge is -2.22. The highest BCUT2D eigenvalue weighted by atomic mass is 79.9. The Balaban J connectivity index is 1.63. The van der Waals surface area contributed by atoms with Crippen molar-refractivity contribution < 1.29 is 9.18 Å². The van der Waals surface area contributed by atoms with E-state index in [0.717, 1.165) is 42.6 Å². The van der Waals surface area contributed by atoms with Crippen LogP contribution in [0.15, 0.2) is 46.9 Å². The van der Waals surface area contributed by atoms with Gasteiger partial charge in [-0.2, -0.15) is 0 Å². The molecule has 0 aromatic heterocycles. The summed E-state index contributed by atoms with van der Waals surface area (Å²) in [6, 6.07) is 11.8. The van der Waals surface area contributed by atoms with Gasteiger partial charge in [-0.15, -0.1) is 0 Å². The second-order valence-corrected chi connectivity index (χ2v) is 7.46. The fourth-order valence-electron chi connectivity index (χ4n) is 3.03. The summed E-state index contributed by atoms with van der Waals surface area (Å²) in [5.74, 6) is -0.225. The van der Waals surface area contributed by atoms with E-state index in [0.29, 0.717) is 17.1 Å². The minimum absolute atomic E-state index is 0.0207.